The lowest BCUT2D eigenvalue weighted by atomic mass is 9.94. The predicted octanol–water partition coefficient (Wildman–Crippen LogP) is 4.00. The molecule has 0 aliphatic carbocycles. The van der Waals surface area contributed by atoms with Gasteiger partial charge in [0.1, 0.15) is 5.82 Å². The molecule has 0 saturated heterocycles. The third-order valence-corrected chi connectivity index (χ3v) is 5.84. The molecule has 9 nitrogen and oxygen atoms in total. The van der Waals surface area contributed by atoms with Crippen molar-refractivity contribution in [3.05, 3.63) is 83.9 Å². The fourth-order valence-electron chi connectivity index (χ4n) is 4.11. The minimum atomic E-state index is -0.448. The van der Waals surface area contributed by atoms with Gasteiger partial charge in [-0.3, -0.25) is 4.79 Å². The second-order valence-corrected chi connectivity index (χ2v) is 8.61. The average Bonchev–Trinajstić information content (AvgIpc) is 3.44. The van der Waals surface area contributed by atoms with Gasteiger partial charge in [0.2, 0.25) is 6.39 Å². The maximum atomic E-state index is 12.2. The molecule has 3 heterocycles. The summed E-state index contributed by atoms with van der Waals surface area (Å²) in [5, 5.41) is 27.5. The van der Waals surface area contributed by atoms with E-state index < -0.39 is 5.54 Å². The van der Waals surface area contributed by atoms with E-state index in [1.807, 2.05) is 68.4 Å². The van der Waals surface area contributed by atoms with E-state index >= 15 is 0 Å². The van der Waals surface area contributed by atoms with Gasteiger partial charge < -0.3 is 25.5 Å². The molecule has 0 bridgehead atoms. The molecule has 4 aromatic rings. The van der Waals surface area contributed by atoms with Crippen molar-refractivity contribution in [2.24, 2.45) is 0 Å². The quantitative estimate of drug-likeness (QED) is 0.329. The SMILES string of the molecule is CC1(C)NC(=O)c2ccc(Nc3cc(N[C@H](CO)c4ccccc4)c(-c4nnco4)cn3)cc21. The molecule has 1 amide bonds. The Kier molecular flexibility index (Phi) is 5.46. The number of carbonyl (C=O) groups excluding carboxylic acids is 1. The molecule has 0 fully saturated rings. The fourth-order valence-corrected chi connectivity index (χ4v) is 4.11. The molecule has 0 saturated carbocycles. The number of hydrogen-bond donors (Lipinski definition) is 4. The number of nitrogens with one attached hydrogen (secondary N) is 3. The van der Waals surface area contributed by atoms with Crippen LogP contribution in [0.15, 0.2) is 71.6 Å². The van der Waals surface area contributed by atoms with Gasteiger partial charge in [0.05, 0.1) is 29.4 Å². The Labute approximate surface area is 196 Å². The van der Waals surface area contributed by atoms with Gasteiger partial charge >= 0.3 is 0 Å². The van der Waals surface area contributed by atoms with E-state index in [0.717, 1.165) is 16.8 Å². The molecule has 5 rings (SSSR count). The molecule has 1 aliphatic rings. The van der Waals surface area contributed by atoms with E-state index in [-0.39, 0.29) is 18.6 Å². The first-order chi connectivity index (χ1) is 16.4. The van der Waals surface area contributed by atoms with Crippen LogP contribution >= 0.6 is 0 Å². The number of hydrogen-bond acceptors (Lipinski definition) is 8. The smallest absolute Gasteiger partial charge is 0.252 e. The normalized spacial score (nSPS) is 14.9. The third-order valence-electron chi connectivity index (χ3n) is 5.84. The second-order valence-electron chi connectivity index (χ2n) is 8.61. The molecule has 1 atom stereocenters. The van der Waals surface area contributed by atoms with Gasteiger partial charge in [-0.2, -0.15) is 0 Å². The number of pyridine rings is 1. The second kappa shape index (κ2) is 8.60. The monoisotopic (exact) mass is 456 g/mol. The van der Waals surface area contributed by atoms with Gasteiger partial charge in [0.15, 0.2) is 0 Å². The number of benzene rings is 2. The van der Waals surface area contributed by atoms with Gasteiger partial charge in [-0.05, 0) is 43.2 Å². The van der Waals surface area contributed by atoms with Crippen LogP contribution in [0, 0.1) is 0 Å². The summed E-state index contributed by atoms with van der Waals surface area (Å²) in [5.41, 5.74) is 4.17. The van der Waals surface area contributed by atoms with Crippen LogP contribution in [-0.4, -0.2) is 32.8 Å². The number of aliphatic hydroxyl groups is 1. The predicted molar refractivity (Wildman–Crippen MR) is 128 cm³/mol. The zero-order valence-electron chi connectivity index (χ0n) is 18.7. The van der Waals surface area contributed by atoms with Crippen molar-refractivity contribution in [2.75, 3.05) is 17.2 Å². The van der Waals surface area contributed by atoms with Crippen LogP contribution in [0.3, 0.4) is 0 Å². The first-order valence-electron chi connectivity index (χ1n) is 10.9. The highest BCUT2D eigenvalue weighted by molar-refractivity contribution is 6.00. The van der Waals surface area contributed by atoms with Gasteiger partial charge in [-0.15, -0.1) is 10.2 Å². The molecule has 2 aromatic carbocycles. The van der Waals surface area contributed by atoms with Crippen molar-refractivity contribution in [3.8, 4) is 11.5 Å². The van der Waals surface area contributed by atoms with Crippen LogP contribution in [0.5, 0.6) is 0 Å². The highest BCUT2D eigenvalue weighted by Crippen LogP contribution is 2.35. The Morgan fingerprint density at radius 1 is 1.12 bits per heavy atom. The Morgan fingerprint density at radius 2 is 1.94 bits per heavy atom. The molecule has 9 heteroatoms. The summed E-state index contributed by atoms with van der Waals surface area (Å²) >= 11 is 0. The summed E-state index contributed by atoms with van der Waals surface area (Å²) in [6, 6.07) is 16.8. The van der Waals surface area contributed by atoms with E-state index in [1.54, 1.807) is 6.20 Å². The van der Waals surface area contributed by atoms with Crippen molar-refractivity contribution in [1.82, 2.24) is 20.5 Å². The lowest BCUT2D eigenvalue weighted by Gasteiger charge is -2.21. The number of aromatic nitrogens is 3. The minimum Gasteiger partial charge on any atom is -0.423 e. The van der Waals surface area contributed by atoms with Crippen molar-refractivity contribution in [2.45, 2.75) is 25.4 Å². The molecule has 0 radical (unpaired) electrons. The van der Waals surface area contributed by atoms with Gasteiger partial charge in [-0.1, -0.05) is 30.3 Å². The molecule has 4 N–H and O–H groups in total. The summed E-state index contributed by atoms with van der Waals surface area (Å²) in [7, 11) is 0. The third kappa shape index (κ3) is 4.08. The maximum Gasteiger partial charge on any atom is 0.252 e. The molecular formula is C25H24N6O3. The van der Waals surface area contributed by atoms with Gasteiger partial charge in [0.25, 0.3) is 11.8 Å². The fraction of sp³-hybridized carbons (Fsp3) is 0.200. The van der Waals surface area contributed by atoms with Crippen LogP contribution in [0.2, 0.25) is 0 Å². The highest BCUT2D eigenvalue weighted by atomic mass is 16.4. The molecular weight excluding hydrogens is 432 g/mol. The Hall–Kier alpha value is -4.24. The van der Waals surface area contributed by atoms with Crippen LogP contribution in [0.25, 0.3) is 11.5 Å². The highest BCUT2D eigenvalue weighted by Gasteiger charge is 2.35. The number of nitrogens with zero attached hydrogens (tertiary/aromatic N) is 3. The van der Waals surface area contributed by atoms with Crippen molar-refractivity contribution < 1.29 is 14.3 Å². The molecule has 0 spiro atoms. The van der Waals surface area contributed by atoms with Gasteiger partial charge in [-0.25, -0.2) is 4.98 Å². The first-order valence-corrected chi connectivity index (χ1v) is 10.9. The van der Waals surface area contributed by atoms with Crippen LogP contribution in [0.4, 0.5) is 17.2 Å². The lowest BCUT2D eigenvalue weighted by Crippen LogP contribution is -2.32. The first kappa shape index (κ1) is 21.6. The number of aliphatic hydroxyl groups excluding tert-OH is 1. The number of rotatable bonds is 7. The number of fused-ring (bicyclic) bond motifs is 1. The van der Waals surface area contributed by atoms with E-state index in [1.165, 1.54) is 6.39 Å². The van der Waals surface area contributed by atoms with Crippen LogP contribution < -0.4 is 16.0 Å². The molecule has 1 aliphatic heterocycles. The van der Waals surface area contributed by atoms with Crippen LogP contribution in [-0.2, 0) is 5.54 Å². The maximum absolute atomic E-state index is 12.2. The van der Waals surface area contributed by atoms with E-state index in [0.29, 0.717) is 28.5 Å². The Morgan fingerprint density at radius 3 is 2.68 bits per heavy atom. The Bertz CT molecular complexity index is 1320. The van der Waals surface area contributed by atoms with Crippen molar-refractivity contribution >= 4 is 23.1 Å². The lowest BCUT2D eigenvalue weighted by molar-refractivity contribution is 0.0940. The molecule has 2 aromatic heterocycles. The molecule has 172 valence electrons. The van der Waals surface area contributed by atoms with Crippen molar-refractivity contribution in [1.29, 1.82) is 0 Å². The van der Waals surface area contributed by atoms with E-state index in [2.05, 4.69) is 31.1 Å². The summed E-state index contributed by atoms with van der Waals surface area (Å²) in [4.78, 5) is 16.7. The summed E-state index contributed by atoms with van der Waals surface area (Å²) in [5.74, 6) is 0.816. The largest absolute Gasteiger partial charge is 0.423 e. The molecule has 0 unspecified atom stereocenters. The van der Waals surface area contributed by atoms with E-state index in [9.17, 15) is 9.90 Å². The van der Waals surface area contributed by atoms with Crippen molar-refractivity contribution in [3.63, 3.8) is 0 Å². The van der Waals surface area contributed by atoms with E-state index in [4.69, 9.17) is 4.42 Å². The number of anilines is 3. The number of carbonyl (C=O) groups is 1. The average molecular weight is 457 g/mol. The minimum absolute atomic E-state index is 0.0731. The Balaban J connectivity index is 1.48. The molecule has 34 heavy (non-hydrogen) atoms. The summed E-state index contributed by atoms with van der Waals surface area (Å²) in [6.07, 6.45) is 2.90. The standard InChI is InChI=1S/C25H24N6O3/c1-25(2)19-10-16(8-9-17(19)23(33)30-25)28-22-11-20(18(12-26-22)24-31-27-14-34-24)29-21(13-32)15-6-4-3-5-7-15/h3-12,14,21,32H,13H2,1-2H3,(H,30,33)(H2,26,28,29)/t21-/m1/s1. The van der Waals surface area contributed by atoms with Crippen LogP contribution in [0.1, 0.15) is 41.4 Å². The van der Waals surface area contributed by atoms with Gasteiger partial charge in [0, 0.05) is 23.5 Å². The zero-order valence-corrected chi connectivity index (χ0v) is 18.7. The summed E-state index contributed by atoms with van der Waals surface area (Å²) < 4.78 is 5.40. The summed E-state index contributed by atoms with van der Waals surface area (Å²) in [6.45, 7) is 3.83. The number of amides is 1. The zero-order chi connectivity index (χ0) is 23.7. The topological polar surface area (TPSA) is 125 Å².